The third-order valence-electron chi connectivity index (χ3n) is 3.46. The molecule has 0 spiro atoms. The van der Waals surface area contributed by atoms with Gasteiger partial charge in [0.15, 0.2) is 6.26 Å². The van der Waals surface area contributed by atoms with E-state index in [4.69, 9.17) is 4.42 Å². The maximum Gasteiger partial charge on any atom is 0.250 e. The highest BCUT2D eigenvalue weighted by Crippen LogP contribution is 2.41. The third kappa shape index (κ3) is 4.27. The summed E-state index contributed by atoms with van der Waals surface area (Å²) >= 11 is 0. The van der Waals surface area contributed by atoms with Crippen LogP contribution in [0.4, 0.5) is 0 Å². The summed E-state index contributed by atoms with van der Waals surface area (Å²) in [5.74, 6) is 0.519. The molecule has 0 saturated heterocycles. The van der Waals surface area contributed by atoms with Gasteiger partial charge in [-0.05, 0) is 23.0 Å². The van der Waals surface area contributed by atoms with Crippen molar-refractivity contribution in [2.45, 2.75) is 66.2 Å². The Morgan fingerprint density at radius 1 is 0.870 bits per heavy atom. The van der Waals surface area contributed by atoms with Gasteiger partial charge in [-0.15, -0.1) is 0 Å². The van der Waals surface area contributed by atoms with Crippen LogP contribution >= 0.6 is 0 Å². The van der Waals surface area contributed by atoms with Crippen LogP contribution in [0.5, 0.6) is 11.6 Å². The predicted octanol–water partition coefficient (Wildman–Crippen LogP) is 5.37. The van der Waals surface area contributed by atoms with Crippen molar-refractivity contribution >= 4 is 0 Å². The zero-order valence-corrected chi connectivity index (χ0v) is 15.5. The van der Waals surface area contributed by atoms with Crippen LogP contribution in [0.25, 0.3) is 11.5 Å². The number of aromatic hydroxyl groups is 2. The van der Waals surface area contributed by atoms with Crippen molar-refractivity contribution in [3.05, 3.63) is 29.5 Å². The van der Waals surface area contributed by atoms with E-state index in [2.05, 4.69) is 4.98 Å². The molecule has 0 fully saturated rings. The summed E-state index contributed by atoms with van der Waals surface area (Å²) in [4.78, 5) is 3.96. The Morgan fingerprint density at radius 3 is 1.61 bits per heavy atom. The molecule has 1 aromatic heterocycles. The Morgan fingerprint density at radius 2 is 1.30 bits per heavy atom. The van der Waals surface area contributed by atoms with Gasteiger partial charge in [-0.25, -0.2) is 0 Å². The maximum atomic E-state index is 10.6. The van der Waals surface area contributed by atoms with Gasteiger partial charge in [-0.2, -0.15) is 4.98 Å². The molecular formula is C19H29NO3. The van der Waals surface area contributed by atoms with Crippen LogP contribution < -0.4 is 0 Å². The molecule has 1 heterocycles. The fourth-order valence-corrected chi connectivity index (χ4v) is 2.30. The van der Waals surface area contributed by atoms with Crippen molar-refractivity contribution in [1.29, 1.82) is 0 Å². The largest absolute Gasteiger partial charge is 0.507 e. The summed E-state index contributed by atoms with van der Waals surface area (Å²) in [6.45, 7) is 16.3. The normalized spacial score (nSPS) is 11.8. The number of oxazole rings is 1. The summed E-state index contributed by atoms with van der Waals surface area (Å²) in [5.41, 5.74) is 2.00. The fourth-order valence-electron chi connectivity index (χ4n) is 2.30. The van der Waals surface area contributed by atoms with Gasteiger partial charge in [0.2, 0.25) is 5.89 Å². The standard InChI is InChI=1S/C17H23NO3.C2H6/c1-16(2,3)11-7-10(15-18-13(19)9-21-15)8-12(14(11)20)17(4,5)6;1-2/h7-9,19-20H,1-6H3;1-2H3. The number of benzene rings is 1. The van der Waals surface area contributed by atoms with Gasteiger partial charge in [0, 0.05) is 16.7 Å². The SMILES string of the molecule is CC.CC(C)(C)c1cc(-c2nc(O)co2)cc(C(C)(C)C)c1O. The molecule has 0 bridgehead atoms. The highest BCUT2D eigenvalue weighted by molar-refractivity contribution is 5.63. The average molecular weight is 319 g/mol. The lowest BCUT2D eigenvalue weighted by molar-refractivity contribution is 0.423. The van der Waals surface area contributed by atoms with E-state index in [-0.39, 0.29) is 16.7 Å². The molecule has 2 N–H and O–H groups in total. The predicted molar refractivity (Wildman–Crippen MR) is 94.0 cm³/mol. The van der Waals surface area contributed by atoms with Gasteiger partial charge < -0.3 is 14.6 Å². The van der Waals surface area contributed by atoms with Gasteiger partial charge >= 0.3 is 0 Å². The van der Waals surface area contributed by atoms with E-state index < -0.39 is 0 Å². The first-order valence-corrected chi connectivity index (χ1v) is 8.03. The highest BCUT2D eigenvalue weighted by atomic mass is 16.4. The molecule has 0 aliphatic carbocycles. The second-order valence-corrected chi connectivity index (χ2v) is 7.43. The molecule has 0 aliphatic heterocycles. The molecule has 4 heteroatoms. The first kappa shape index (κ1) is 19.1. The van der Waals surface area contributed by atoms with Crippen molar-refractivity contribution in [2.75, 3.05) is 0 Å². The molecule has 0 atom stereocenters. The van der Waals surface area contributed by atoms with Crippen molar-refractivity contribution in [2.24, 2.45) is 0 Å². The fraction of sp³-hybridized carbons (Fsp3) is 0.526. The summed E-state index contributed by atoms with van der Waals surface area (Å²) in [6.07, 6.45) is 1.20. The van der Waals surface area contributed by atoms with Gasteiger partial charge in [-0.3, -0.25) is 0 Å². The second-order valence-electron chi connectivity index (χ2n) is 7.43. The van der Waals surface area contributed by atoms with E-state index in [1.165, 1.54) is 6.26 Å². The van der Waals surface area contributed by atoms with E-state index in [0.29, 0.717) is 11.6 Å². The number of hydrogen-bond donors (Lipinski definition) is 2. The van der Waals surface area contributed by atoms with E-state index >= 15 is 0 Å². The minimum Gasteiger partial charge on any atom is -0.507 e. The second kappa shape index (κ2) is 6.65. The molecule has 2 rings (SSSR count). The van der Waals surface area contributed by atoms with Crippen LogP contribution in [0, 0.1) is 0 Å². The lowest BCUT2D eigenvalue weighted by atomic mass is 9.78. The highest BCUT2D eigenvalue weighted by Gasteiger charge is 2.27. The maximum absolute atomic E-state index is 10.6. The van der Waals surface area contributed by atoms with Crippen molar-refractivity contribution in [3.63, 3.8) is 0 Å². The van der Waals surface area contributed by atoms with E-state index in [0.717, 1.165) is 16.7 Å². The van der Waals surface area contributed by atoms with Crippen molar-refractivity contribution in [3.8, 4) is 23.1 Å². The Hall–Kier alpha value is -1.97. The van der Waals surface area contributed by atoms with E-state index in [9.17, 15) is 10.2 Å². The molecular weight excluding hydrogens is 290 g/mol. The van der Waals surface area contributed by atoms with E-state index in [1.54, 1.807) is 0 Å². The summed E-state index contributed by atoms with van der Waals surface area (Å²) in [5, 5.41) is 20.0. The topological polar surface area (TPSA) is 66.5 Å². The van der Waals surface area contributed by atoms with Gasteiger partial charge in [0.1, 0.15) is 5.75 Å². The van der Waals surface area contributed by atoms with E-state index in [1.807, 2.05) is 67.5 Å². The Kier molecular flexibility index (Phi) is 5.51. The monoisotopic (exact) mass is 319 g/mol. The minimum absolute atomic E-state index is 0.146. The molecule has 1 aromatic carbocycles. The Labute approximate surface area is 139 Å². The molecule has 2 aromatic rings. The quantitative estimate of drug-likeness (QED) is 0.741. The number of phenols is 1. The molecule has 0 radical (unpaired) electrons. The first-order valence-electron chi connectivity index (χ1n) is 8.03. The van der Waals surface area contributed by atoms with Crippen LogP contribution in [-0.4, -0.2) is 15.2 Å². The lowest BCUT2D eigenvalue weighted by Gasteiger charge is -2.27. The number of hydrogen-bond acceptors (Lipinski definition) is 4. The number of phenolic OH excluding ortho intramolecular Hbond substituents is 1. The Balaban J connectivity index is 0.00000127. The third-order valence-corrected chi connectivity index (χ3v) is 3.46. The van der Waals surface area contributed by atoms with Gasteiger partial charge in [0.05, 0.1) is 0 Å². The van der Waals surface area contributed by atoms with Crippen LogP contribution in [0.15, 0.2) is 22.8 Å². The zero-order valence-electron chi connectivity index (χ0n) is 15.5. The smallest absolute Gasteiger partial charge is 0.250 e. The zero-order chi connectivity index (χ0) is 18.0. The van der Waals surface area contributed by atoms with Crippen LogP contribution in [-0.2, 0) is 10.8 Å². The number of aromatic nitrogens is 1. The summed E-state index contributed by atoms with van der Waals surface area (Å²) < 4.78 is 5.28. The number of nitrogens with zero attached hydrogens (tertiary/aromatic N) is 1. The lowest BCUT2D eigenvalue weighted by Crippen LogP contribution is -2.17. The molecule has 0 saturated carbocycles. The van der Waals surface area contributed by atoms with Crippen LogP contribution in [0.2, 0.25) is 0 Å². The van der Waals surface area contributed by atoms with Crippen LogP contribution in [0.3, 0.4) is 0 Å². The first-order chi connectivity index (χ1) is 10.5. The molecule has 0 aliphatic rings. The van der Waals surface area contributed by atoms with Gasteiger partial charge in [0.25, 0.3) is 5.88 Å². The summed E-state index contributed by atoms with van der Waals surface area (Å²) in [7, 11) is 0. The molecule has 128 valence electrons. The average Bonchev–Trinajstić information content (AvgIpc) is 2.85. The van der Waals surface area contributed by atoms with Gasteiger partial charge in [-0.1, -0.05) is 55.4 Å². The molecule has 0 unspecified atom stereocenters. The summed E-state index contributed by atoms with van der Waals surface area (Å²) in [6, 6.07) is 3.74. The molecule has 0 amide bonds. The van der Waals surface area contributed by atoms with Crippen molar-refractivity contribution < 1.29 is 14.6 Å². The van der Waals surface area contributed by atoms with Crippen LogP contribution in [0.1, 0.15) is 66.5 Å². The van der Waals surface area contributed by atoms with Crippen molar-refractivity contribution in [1.82, 2.24) is 4.98 Å². The number of rotatable bonds is 1. The molecule has 4 nitrogen and oxygen atoms in total. The minimum atomic E-state index is -0.214. The molecule has 23 heavy (non-hydrogen) atoms. The Bertz CT molecular complexity index is 623.